The summed E-state index contributed by atoms with van der Waals surface area (Å²) in [5.41, 5.74) is 4.94. The van der Waals surface area contributed by atoms with Crippen molar-refractivity contribution in [2.75, 3.05) is 31.6 Å². The number of hydrogen-bond acceptors (Lipinski definition) is 5. The molecule has 1 aliphatic rings. The molecule has 1 atom stereocenters. The van der Waals surface area contributed by atoms with Gasteiger partial charge < -0.3 is 15.0 Å². The Hall–Kier alpha value is -3.77. The summed E-state index contributed by atoms with van der Waals surface area (Å²) in [5, 5.41) is 5.75. The number of hydrogen-bond donors (Lipinski definition) is 1. The third-order valence-corrected chi connectivity index (χ3v) is 6.52. The number of carbonyl (C=O) groups excluding carboxylic acids is 1. The molecule has 1 saturated heterocycles. The molecular formula is C29H30N4O2. The Labute approximate surface area is 206 Å². The van der Waals surface area contributed by atoms with Crippen LogP contribution in [0, 0.1) is 12.8 Å². The summed E-state index contributed by atoms with van der Waals surface area (Å²) in [6.45, 7) is 5.14. The van der Waals surface area contributed by atoms with Gasteiger partial charge in [0, 0.05) is 54.2 Å². The first kappa shape index (κ1) is 23.0. The number of anilines is 1. The lowest BCUT2D eigenvalue weighted by Gasteiger charge is -2.24. The number of nitrogens with zero attached hydrogens (tertiary/aromatic N) is 3. The fourth-order valence-electron chi connectivity index (χ4n) is 4.60. The number of aryl methyl sites for hydroxylation is 1. The number of rotatable bonds is 6. The van der Waals surface area contributed by atoms with Crippen LogP contribution < -0.4 is 5.32 Å². The van der Waals surface area contributed by atoms with Crippen molar-refractivity contribution in [3.8, 4) is 0 Å². The Morgan fingerprint density at radius 3 is 2.91 bits per heavy atom. The second kappa shape index (κ2) is 10.7. The molecule has 1 N–H and O–H groups in total. The van der Waals surface area contributed by atoms with Crippen LogP contribution in [0.1, 0.15) is 27.2 Å². The fourth-order valence-corrected chi connectivity index (χ4v) is 4.60. The normalized spacial score (nSPS) is 16.1. The van der Waals surface area contributed by atoms with Crippen molar-refractivity contribution in [3.63, 3.8) is 0 Å². The lowest BCUT2D eigenvalue weighted by Crippen LogP contribution is -2.36. The average molecular weight is 467 g/mol. The van der Waals surface area contributed by atoms with Gasteiger partial charge in [-0.15, -0.1) is 0 Å². The monoisotopic (exact) mass is 466 g/mol. The molecule has 5 rings (SSSR count). The molecule has 2 aromatic heterocycles. The lowest BCUT2D eigenvalue weighted by molar-refractivity contribution is 0.0737. The maximum absolute atomic E-state index is 13.5. The summed E-state index contributed by atoms with van der Waals surface area (Å²) in [5.74, 6) is 0.284. The predicted molar refractivity (Wildman–Crippen MR) is 138 cm³/mol. The summed E-state index contributed by atoms with van der Waals surface area (Å²) >= 11 is 0. The van der Waals surface area contributed by atoms with E-state index in [1.807, 2.05) is 66.7 Å². The van der Waals surface area contributed by atoms with Gasteiger partial charge in [-0.05, 0) is 66.3 Å². The minimum atomic E-state index is 0.0455. The van der Waals surface area contributed by atoms with E-state index in [9.17, 15) is 4.79 Å². The maximum Gasteiger partial charge on any atom is 0.254 e. The van der Waals surface area contributed by atoms with Gasteiger partial charge in [0.05, 0.1) is 25.5 Å². The quantitative estimate of drug-likeness (QED) is 0.439. The Morgan fingerprint density at radius 2 is 2.03 bits per heavy atom. The summed E-state index contributed by atoms with van der Waals surface area (Å²) in [6, 6.07) is 20.3. The van der Waals surface area contributed by atoms with Crippen molar-refractivity contribution in [2.24, 2.45) is 5.92 Å². The van der Waals surface area contributed by atoms with E-state index in [0.717, 1.165) is 28.8 Å². The second-order valence-electron chi connectivity index (χ2n) is 9.16. The molecule has 0 radical (unpaired) electrons. The molecule has 0 aliphatic carbocycles. The number of benzene rings is 2. The molecule has 35 heavy (non-hydrogen) atoms. The van der Waals surface area contributed by atoms with Gasteiger partial charge in [0.15, 0.2) is 0 Å². The van der Waals surface area contributed by atoms with Crippen molar-refractivity contribution in [1.82, 2.24) is 14.9 Å². The van der Waals surface area contributed by atoms with Crippen LogP contribution in [0.2, 0.25) is 0 Å². The number of amides is 1. The molecule has 4 aromatic rings. The number of nitrogens with one attached hydrogen (secondary N) is 1. The van der Waals surface area contributed by atoms with Gasteiger partial charge >= 0.3 is 0 Å². The molecular weight excluding hydrogens is 436 g/mol. The molecule has 2 aromatic carbocycles. The minimum Gasteiger partial charge on any atom is -0.379 e. The zero-order valence-corrected chi connectivity index (χ0v) is 20.0. The van der Waals surface area contributed by atoms with Gasteiger partial charge in [-0.1, -0.05) is 24.3 Å². The maximum atomic E-state index is 13.5. The van der Waals surface area contributed by atoms with Crippen molar-refractivity contribution in [3.05, 3.63) is 102 Å². The van der Waals surface area contributed by atoms with Crippen LogP contribution in [0.5, 0.6) is 0 Å². The van der Waals surface area contributed by atoms with Crippen molar-refractivity contribution in [1.29, 1.82) is 0 Å². The van der Waals surface area contributed by atoms with Crippen LogP contribution in [0.4, 0.5) is 5.69 Å². The van der Waals surface area contributed by atoms with E-state index in [0.29, 0.717) is 38.4 Å². The summed E-state index contributed by atoms with van der Waals surface area (Å²) in [7, 11) is 0. The first-order valence-corrected chi connectivity index (χ1v) is 12.1. The van der Waals surface area contributed by atoms with Gasteiger partial charge in [-0.3, -0.25) is 14.8 Å². The Morgan fingerprint density at radius 1 is 1.09 bits per heavy atom. The standard InChI is InChI=1S/C29H30N4O2/c1-21-5-7-25(16-28(21)32-18-27-4-2-3-10-31-27)29(34)33-12-13-35-20-23(19-33)14-22-6-8-24-9-11-30-17-26(24)15-22/h2-11,15-17,23,32H,12-14,18-20H2,1H3. The molecule has 1 fully saturated rings. The minimum absolute atomic E-state index is 0.0455. The zero-order valence-electron chi connectivity index (χ0n) is 20.0. The van der Waals surface area contributed by atoms with Gasteiger partial charge in [-0.25, -0.2) is 0 Å². The van der Waals surface area contributed by atoms with Gasteiger partial charge in [0.1, 0.15) is 0 Å². The summed E-state index contributed by atoms with van der Waals surface area (Å²) in [4.78, 5) is 24.0. The third-order valence-electron chi connectivity index (χ3n) is 6.52. The zero-order chi connectivity index (χ0) is 24.0. The smallest absolute Gasteiger partial charge is 0.254 e. The SMILES string of the molecule is Cc1ccc(C(=O)N2CCOCC(Cc3ccc4ccncc4c3)C2)cc1NCc1ccccn1. The highest BCUT2D eigenvalue weighted by atomic mass is 16.5. The molecule has 3 heterocycles. The highest BCUT2D eigenvalue weighted by Gasteiger charge is 2.24. The predicted octanol–water partition coefficient (Wildman–Crippen LogP) is 4.88. The largest absolute Gasteiger partial charge is 0.379 e. The van der Waals surface area contributed by atoms with Crippen molar-refractivity contribution in [2.45, 2.75) is 19.9 Å². The van der Waals surface area contributed by atoms with Crippen LogP contribution in [0.3, 0.4) is 0 Å². The highest BCUT2D eigenvalue weighted by Crippen LogP contribution is 2.22. The van der Waals surface area contributed by atoms with Crippen LogP contribution in [-0.2, 0) is 17.7 Å². The molecule has 1 unspecified atom stereocenters. The average Bonchev–Trinajstić information content (AvgIpc) is 3.14. The molecule has 0 saturated carbocycles. The molecule has 6 nitrogen and oxygen atoms in total. The molecule has 0 spiro atoms. The van der Waals surface area contributed by atoms with Gasteiger partial charge in [0.25, 0.3) is 5.91 Å². The van der Waals surface area contributed by atoms with E-state index in [-0.39, 0.29) is 11.8 Å². The molecule has 0 bridgehead atoms. The first-order chi connectivity index (χ1) is 17.2. The van der Waals surface area contributed by atoms with Crippen molar-refractivity contribution < 1.29 is 9.53 Å². The van der Waals surface area contributed by atoms with E-state index in [4.69, 9.17) is 4.74 Å². The van der Waals surface area contributed by atoms with E-state index < -0.39 is 0 Å². The third kappa shape index (κ3) is 5.66. The van der Waals surface area contributed by atoms with E-state index in [1.165, 1.54) is 10.9 Å². The topological polar surface area (TPSA) is 67.4 Å². The number of pyridine rings is 2. The van der Waals surface area contributed by atoms with E-state index in [2.05, 4.69) is 33.5 Å². The Kier molecular flexibility index (Phi) is 7.00. The van der Waals surface area contributed by atoms with Crippen LogP contribution in [0.15, 0.2) is 79.3 Å². The molecule has 1 amide bonds. The molecule has 1 aliphatic heterocycles. The van der Waals surface area contributed by atoms with E-state index >= 15 is 0 Å². The van der Waals surface area contributed by atoms with Gasteiger partial charge in [0.2, 0.25) is 0 Å². The molecule has 6 heteroatoms. The highest BCUT2D eigenvalue weighted by molar-refractivity contribution is 5.95. The van der Waals surface area contributed by atoms with Crippen LogP contribution >= 0.6 is 0 Å². The van der Waals surface area contributed by atoms with Crippen LogP contribution in [0.25, 0.3) is 10.8 Å². The first-order valence-electron chi connectivity index (χ1n) is 12.1. The number of carbonyl (C=O) groups is 1. The number of fused-ring (bicyclic) bond motifs is 1. The second-order valence-corrected chi connectivity index (χ2v) is 9.16. The number of aromatic nitrogens is 2. The molecule has 178 valence electrons. The fraction of sp³-hybridized carbons (Fsp3) is 0.276. The Bertz CT molecular complexity index is 1310. The summed E-state index contributed by atoms with van der Waals surface area (Å²) < 4.78 is 5.89. The van der Waals surface area contributed by atoms with Gasteiger partial charge in [-0.2, -0.15) is 0 Å². The lowest BCUT2D eigenvalue weighted by atomic mass is 9.97. The summed E-state index contributed by atoms with van der Waals surface area (Å²) in [6.07, 6.45) is 6.36. The Balaban J connectivity index is 1.28. The van der Waals surface area contributed by atoms with Crippen LogP contribution in [-0.4, -0.2) is 47.1 Å². The van der Waals surface area contributed by atoms with E-state index in [1.54, 1.807) is 6.20 Å². The van der Waals surface area contributed by atoms with Crippen molar-refractivity contribution >= 4 is 22.4 Å². The number of ether oxygens (including phenoxy) is 1.